The highest BCUT2D eigenvalue weighted by molar-refractivity contribution is 7.11. The van der Waals surface area contributed by atoms with Gasteiger partial charge in [0.1, 0.15) is 0 Å². The quantitative estimate of drug-likeness (QED) is 0.570. The lowest BCUT2D eigenvalue weighted by molar-refractivity contribution is 0.122. The van der Waals surface area contributed by atoms with Crippen LogP contribution in [0.2, 0.25) is 0 Å². The van der Waals surface area contributed by atoms with Crippen LogP contribution in [0, 0.1) is 6.92 Å². The van der Waals surface area contributed by atoms with E-state index >= 15 is 0 Å². The van der Waals surface area contributed by atoms with Crippen LogP contribution in [0.25, 0.3) is 0 Å². The summed E-state index contributed by atoms with van der Waals surface area (Å²) in [7, 11) is 2.19. The Morgan fingerprint density at radius 3 is 2.71 bits per heavy atom. The third kappa shape index (κ3) is 6.37. The highest BCUT2D eigenvalue weighted by Crippen LogP contribution is 2.11. The average Bonchev–Trinajstić information content (AvgIpc) is 2.98. The number of thiazole rings is 1. The van der Waals surface area contributed by atoms with Crippen LogP contribution in [0.15, 0.2) is 11.2 Å². The fourth-order valence-electron chi connectivity index (χ4n) is 2.75. The third-order valence-corrected chi connectivity index (χ3v) is 5.29. The Labute approximate surface area is 150 Å². The van der Waals surface area contributed by atoms with Gasteiger partial charge in [0.05, 0.1) is 11.6 Å². The lowest BCUT2D eigenvalue weighted by atomic mass is 10.2. The molecule has 136 valence electrons. The summed E-state index contributed by atoms with van der Waals surface area (Å²) in [6.45, 7) is 13.6. The van der Waals surface area contributed by atoms with Crippen LogP contribution in [0.1, 0.15) is 23.7 Å². The molecule has 7 heteroatoms. The molecular formula is C17H32N6S. The molecule has 1 atom stereocenters. The molecule has 2 rings (SSSR count). The van der Waals surface area contributed by atoms with Crippen molar-refractivity contribution in [1.29, 1.82) is 0 Å². The highest BCUT2D eigenvalue weighted by Gasteiger charge is 2.18. The summed E-state index contributed by atoms with van der Waals surface area (Å²) in [5.74, 6) is 0.909. The number of aliphatic imine (C=N–C) groups is 1. The van der Waals surface area contributed by atoms with Crippen molar-refractivity contribution in [3.8, 4) is 0 Å². The minimum absolute atomic E-state index is 0.482. The van der Waals surface area contributed by atoms with E-state index in [1.54, 1.807) is 11.3 Å². The summed E-state index contributed by atoms with van der Waals surface area (Å²) in [5.41, 5.74) is 0. The van der Waals surface area contributed by atoms with E-state index in [4.69, 9.17) is 4.99 Å². The molecule has 0 bridgehead atoms. The maximum absolute atomic E-state index is 4.77. The van der Waals surface area contributed by atoms with Gasteiger partial charge in [-0.15, -0.1) is 11.3 Å². The van der Waals surface area contributed by atoms with Gasteiger partial charge >= 0.3 is 0 Å². The van der Waals surface area contributed by atoms with Crippen LogP contribution in [0.3, 0.4) is 0 Å². The predicted molar refractivity (Wildman–Crippen MR) is 103 cm³/mol. The molecule has 0 saturated carbocycles. The zero-order chi connectivity index (χ0) is 17.4. The fraction of sp³-hybridized carbons (Fsp3) is 0.765. The van der Waals surface area contributed by atoms with Crippen molar-refractivity contribution in [3.05, 3.63) is 16.1 Å². The Morgan fingerprint density at radius 1 is 1.33 bits per heavy atom. The Morgan fingerprint density at radius 2 is 2.08 bits per heavy atom. The molecule has 0 radical (unpaired) electrons. The monoisotopic (exact) mass is 352 g/mol. The van der Waals surface area contributed by atoms with Crippen LogP contribution < -0.4 is 10.6 Å². The molecule has 1 aliphatic heterocycles. The first-order chi connectivity index (χ1) is 11.6. The van der Waals surface area contributed by atoms with Gasteiger partial charge in [0.25, 0.3) is 0 Å². The number of nitrogens with one attached hydrogen (secondary N) is 2. The number of aromatic nitrogens is 1. The van der Waals surface area contributed by atoms with E-state index < -0.39 is 0 Å². The van der Waals surface area contributed by atoms with E-state index in [1.165, 1.54) is 9.88 Å². The summed E-state index contributed by atoms with van der Waals surface area (Å²) in [5, 5.41) is 7.94. The van der Waals surface area contributed by atoms with Crippen molar-refractivity contribution >= 4 is 17.3 Å². The van der Waals surface area contributed by atoms with Crippen LogP contribution in [0.5, 0.6) is 0 Å². The molecule has 1 aromatic heterocycles. The maximum atomic E-state index is 4.77. The number of rotatable bonds is 7. The number of guanidine groups is 1. The number of hydrogen-bond acceptors (Lipinski definition) is 5. The largest absolute Gasteiger partial charge is 0.357 e. The summed E-state index contributed by atoms with van der Waals surface area (Å²) in [4.78, 5) is 15.4. The molecule has 1 aliphatic rings. The summed E-state index contributed by atoms with van der Waals surface area (Å²) in [6, 6.07) is 0.482. The van der Waals surface area contributed by atoms with Gasteiger partial charge in [-0.3, -0.25) is 9.89 Å². The summed E-state index contributed by atoms with van der Waals surface area (Å²) < 4.78 is 0. The average molecular weight is 353 g/mol. The van der Waals surface area contributed by atoms with Crippen molar-refractivity contribution < 1.29 is 0 Å². The Balaban J connectivity index is 1.76. The van der Waals surface area contributed by atoms with Crippen molar-refractivity contribution in [1.82, 2.24) is 25.4 Å². The van der Waals surface area contributed by atoms with E-state index in [-0.39, 0.29) is 0 Å². The van der Waals surface area contributed by atoms with Crippen molar-refractivity contribution in [3.63, 3.8) is 0 Å². The molecule has 6 nitrogen and oxygen atoms in total. The Kier molecular flexibility index (Phi) is 7.94. The van der Waals surface area contributed by atoms with E-state index in [9.17, 15) is 0 Å². The first-order valence-corrected chi connectivity index (χ1v) is 9.76. The molecular weight excluding hydrogens is 320 g/mol. The molecule has 0 aliphatic carbocycles. The fourth-order valence-corrected chi connectivity index (χ4v) is 3.53. The van der Waals surface area contributed by atoms with Gasteiger partial charge in [0.2, 0.25) is 0 Å². The molecule has 1 saturated heterocycles. The lowest BCUT2D eigenvalue weighted by Gasteiger charge is -2.35. The Hall–Kier alpha value is -1.18. The van der Waals surface area contributed by atoms with Gasteiger partial charge in [-0.1, -0.05) is 0 Å². The third-order valence-electron chi connectivity index (χ3n) is 4.32. The summed E-state index contributed by atoms with van der Waals surface area (Å²) in [6.07, 6.45) is 2.88. The second kappa shape index (κ2) is 9.96. The molecule has 1 fully saturated rings. The van der Waals surface area contributed by atoms with Gasteiger partial charge in [-0.05, 0) is 27.8 Å². The number of nitrogens with zero attached hydrogens (tertiary/aromatic N) is 4. The number of hydrogen-bond donors (Lipinski definition) is 2. The van der Waals surface area contributed by atoms with Crippen LogP contribution >= 0.6 is 11.3 Å². The highest BCUT2D eigenvalue weighted by atomic mass is 32.1. The lowest BCUT2D eigenvalue weighted by Crippen LogP contribution is -2.49. The molecule has 0 amide bonds. The normalized spacial score (nSPS) is 18.6. The number of piperazine rings is 1. The van der Waals surface area contributed by atoms with Gasteiger partial charge in [-0.25, -0.2) is 4.98 Å². The van der Waals surface area contributed by atoms with Crippen molar-refractivity contribution in [2.24, 2.45) is 4.99 Å². The van der Waals surface area contributed by atoms with Crippen LogP contribution in [0.4, 0.5) is 0 Å². The zero-order valence-electron chi connectivity index (χ0n) is 15.5. The minimum atomic E-state index is 0.482. The van der Waals surface area contributed by atoms with Gasteiger partial charge in [0.15, 0.2) is 5.96 Å². The zero-order valence-corrected chi connectivity index (χ0v) is 16.3. The van der Waals surface area contributed by atoms with E-state index in [0.717, 1.165) is 58.2 Å². The van der Waals surface area contributed by atoms with Crippen LogP contribution in [-0.4, -0.2) is 79.6 Å². The first-order valence-electron chi connectivity index (χ1n) is 8.94. The standard InChI is InChI=1S/C17H32N6S/c1-5-18-17(19-7-6-16-20-13-15(3)24-16)21-12-14(2)23-10-8-22(4)9-11-23/h13-14H,5-12H2,1-4H3,(H2,18,19,21). The molecule has 1 aromatic rings. The van der Waals surface area contributed by atoms with Gasteiger partial charge in [-0.2, -0.15) is 0 Å². The summed E-state index contributed by atoms with van der Waals surface area (Å²) >= 11 is 1.77. The minimum Gasteiger partial charge on any atom is -0.357 e. The van der Waals surface area contributed by atoms with Crippen LogP contribution in [-0.2, 0) is 6.42 Å². The first kappa shape index (κ1) is 19.1. The van der Waals surface area contributed by atoms with E-state index in [0.29, 0.717) is 6.04 Å². The predicted octanol–water partition coefficient (Wildman–Crippen LogP) is 1.19. The van der Waals surface area contributed by atoms with Crippen molar-refractivity contribution in [2.75, 3.05) is 52.9 Å². The molecule has 0 aromatic carbocycles. The van der Waals surface area contributed by atoms with Gasteiger partial charge < -0.3 is 15.5 Å². The number of aryl methyl sites for hydroxylation is 1. The topological polar surface area (TPSA) is 55.8 Å². The molecule has 1 unspecified atom stereocenters. The molecule has 2 heterocycles. The SMILES string of the molecule is CCNC(=NCC(C)N1CCN(C)CC1)NCCc1ncc(C)s1. The van der Waals surface area contributed by atoms with E-state index in [2.05, 4.69) is 53.2 Å². The number of likely N-dealkylation sites (N-methyl/N-ethyl adjacent to an activating group) is 1. The second-order valence-electron chi connectivity index (χ2n) is 6.45. The van der Waals surface area contributed by atoms with E-state index in [1.807, 2.05) is 6.20 Å². The smallest absolute Gasteiger partial charge is 0.191 e. The molecule has 0 spiro atoms. The maximum Gasteiger partial charge on any atom is 0.191 e. The Bertz CT molecular complexity index is 507. The second-order valence-corrected chi connectivity index (χ2v) is 7.77. The molecule has 2 N–H and O–H groups in total. The van der Waals surface area contributed by atoms with Crippen molar-refractivity contribution in [2.45, 2.75) is 33.2 Å². The molecule has 24 heavy (non-hydrogen) atoms. The van der Waals surface area contributed by atoms with Gasteiger partial charge in [0, 0.05) is 62.8 Å².